The topological polar surface area (TPSA) is 131 Å². The summed E-state index contributed by atoms with van der Waals surface area (Å²) in [6, 6.07) is 0. The van der Waals surface area contributed by atoms with E-state index in [2.05, 4.69) is 20.8 Å². The summed E-state index contributed by atoms with van der Waals surface area (Å²) in [5.74, 6) is 0. The van der Waals surface area contributed by atoms with Gasteiger partial charge < -0.3 is 34.1 Å². The van der Waals surface area contributed by atoms with Crippen LogP contribution in [0.25, 0.3) is 0 Å². The van der Waals surface area contributed by atoms with E-state index in [1.807, 2.05) is 6.92 Å². The smallest absolute Gasteiger partial charge is 0.412 e. The fourth-order valence-corrected chi connectivity index (χ4v) is 2.62. The van der Waals surface area contributed by atoms with E-state index in [9.17, 15) is 4.80 Å². The zero-order chi connectivity index (χ0) is 16.4. The number of hydrogen-bond acceptors (Lipinski definition) is 5. The van der Waals surface area contributed by atoms with Crippen LogP contribution in [-0.4, -0.2) is 56.3 Å². The molecule has 0 heterocycles. The molecular formula is C15H40O7SiZr. The van der Waals surface area contributed by atoms with E-state index in [4.69, 9.17) is 18.4 Å². The van der Waals surface area contributed by atoms with Gasteiger partial charge >= 0.3 is 9.05 Å². The molecule has 0 aliphatic heterocycles. The fraction of sp³-hybridized carbons (Fsp3) is 1.00. The summed E-state index contributed by atoms with van der Waals surface area (Å²) in [7, 11) is -3.36. The van der Waals surface area contributed by atoms with Gasteiger partial charge in [-0.3, -0.25) is 0 Å². The third-order valence-corrected chi connectivity index (χ3v) is 4.28. The quantitative estimate of drug-likeness (QED) is 0.324. The number of aliphatic hydroxyl groups is 1. The summed E-state index contributed by atoms with van der Waals surface area (Å²) in [6.07, 6.45) is 6.74. The number of unbranched alkanes of at least 4 members (excludes halogenated alkanes) is 3. The predicted octanol–water partition coefficient (Wildman–Crippen LogP) is 1.60. The summed E-state index contributed by atoms with van der Waals surface area (Å²) in [6.45, 7) is 10.0. The Bertz CT molecular complexity index is 174. The SMILES string of the molecule is CCCCO[Si](O)(OCCCC)OCCCC.CCCO.O.O.[Zr]. The average Bonchev–Trinajstić information content (AvgIpc) is 2.48. The van der Waals surface area contributed by atoms with Crippen molar-refractivity contribution in [3.63, 3.8) is 0 Å². The maximum atomic E-state index is 10.2. The molecule has 0 radical (unpaired) electrons. The van der Waals surface area contributed by atoms with Gasteiger partial charge in [-0.2, -0.15) is 0 Å². The Kier molecular flexibility index (Phi) is 42.7. The maximum absolute atomic E-state index is 10.2. The Morgan fingerprint density at radius 1 is 0.667 bits per heavy atom. The van der Waals surface area contributed by atoms with Gasteiger partial charge in [0.05, 0.1) is 0 Å². The summed E-state index contributed by atoms with van der Waals surface area (Å²) in [4.78, 5) is 10.2. The molecule has 6 N–H and O–H groups in total. The largest absolute Gasteiger partial charge is 0.676 e. The number of aliphatic hydroxyl groups excluding tert-OH is 1. The van der Waals surface area contributed by atoms with Crippen molar-refractivity contribution < 1.29 is 60.3 Å². The normalized spacial score (nSPS) is 9.75. The van der Waals surface area contributed by atoms with Crippen molar-refractivity contribution in [1.29, 1.82) is 0 Å². The van der Waals surface area contributed by atoms with Crippen LogP contribution in [0.2, 0.25) is 0 Å². The average molecular weight is 452 g/mol. The summed E-state index contributed by atoms with van der Waals surface area (Å²) >= 11 is 0. The van der Waals surface area contributed by atoms with E-state index in [0.717, 1.165) is 44.9 Å². The van der Waals surface area contributed by atoms with E-state index >= 15 is 0 Å². The van der Waals surface area contributed by atoms with Gasteiger partial charge in [0.1, 0.15) is 0 Å². The van der Waals surface area contributed by atoms with Crippen molar-refractivity contribution in [3.8, 4) is 0 Å². The Morgan fingerprint density at radius 3 is 1.08 bits per heavy atom. The second-order valence-electron chi connectivity index (χ2n) is 4.85. The molecule has 0 fully saturated rings. The van der Waals surface area contributed by atoms with Crippen LogP contribution < -0.4 is 0 Å². The molecular weight excluding hydrogens is 411 g/mol. The zero-order valence-electron chi connectivity index (χ0n) is 15.9. The monoisotopic (exact) mass is 450 g/mol. The minimum absolute atomic E-state index is 0. The molecule has 150 valence electrons. The minimum Gasteiger partial charge on any atom is -0.412 e. The van der Waals surface area contributed by atoms with Crippen LogP contribution in [0, 0.1) is 0 Å². The Labute approximate surface area is 168 Å². The molecule has 0 rings (SSSR count). The van der Waals surface area contributed by atoms with E-state index in [0.29, 0.717) is 26.4 Å². The third-order valence-electron chi connectivity index (χ3n) is 2.57. The van der Waals surface area contributed by atoms with Crippen LogP contribution >= 0.6 is 0 Å². The van der Waals surface area contributed by atoms with Gasteiger partial charge in [-0.1, -0.05) is 47.0 Å². The van der Waals surface area contributed by atoms with Gasteiger partial charge in [0.15, 0.2) is 0 Å². The Morgan fingerprint density at radius 2 is 0.917 bits per heavy atom. The minimum atomic E-state index is -3.36. The van der Waals surface area contributed by atoms with Crippen LogP contribution in [0.4, 0.5) is 0 Å². The summed E-state index contributed by atoms with van der Waals surface area (Å²) in [5, 5.41) is 7.88. The third kappa shape index (κ3) is 27.7. The molecule has 0 aromatic rings. The van der Waals surface area contributed by atoms with Crippen molar-refractivity contribution >= 4 is 9.05 Å². The predicted molar refractivity (Wildman–Crippen MR) is 95.2 cm³/mol. The Balaban J connectivity index is -0.000000154. The van der Waals surface area contributed by atoms with Crippen molar-refractivity contribution in [2.24, 2.45) is 0 Å². The first-order valence-corrected chi connectivity index (χ1v) is 10.0. The molecule has 0 saturated heterocycles. The first-order valence-electron chi connectivity index (χ1n) is 8.35. The van der Waals surface area contributed by atoms with Gasteiger partial charge in [-0.25, -0.2) is 0 Å². The molecule has 0 aromatic carbocycles. The number of hydrogen-bond donors (Lipinski definition) is 2. The summed E-state index contributed by atoms with van der Waals surface area (Å²) in [5.41, 5.74) is 0. The fourth-order valence-electron chi connectivity index (χ4n) is 1.16. The zero-order valence-corrected chi connectivity index (χ0v) is 19.4. The molecule has 0 amide bonds. The molecule has 0 bridgehead atoms. The van der Waals surface area contributed by atoms with Crippen LogP contribution in [-0.2, 0) is 39.5 Å². The second kappa shape index (κ2) is 28.6. The van der Waals surface area contributed by atoms with E-state index in [1.54, 1.807) is 0 Å². The first kappa shape index (κ1) is 35.8. The van der Waals surface area contributed by atoms with Crippen LogP contribution in [0.1, 0.15) is 72.6 Å². The molecule has 9 heteroatoms. The van der Waals surface area contributed by atoms with Crippen LogP contribution in [0.5, 0.6) is 0 Å². The maximum Gasteiger partial charge on any atom is 0.676 e. The van der Waals surface area contributed by atoms with Crippen molar-refractivity contribution in [3.05, 3.63) is 0 Å². The van der Waals surface area contributed by atoms with E-state index in [1.165, 1.54) is 0 Å². The molecule has 0 aromatic heterocycles. The summed E-state index contributed by atoms with van der Waals surface area (Å²) < 4.78 is 16.2. The molecule has 0 unspecified atom stereocenters. The molecule has 0 aliphatic carbocycles. The van der Waals surface area contributed by atoms with Gasteiger partial charge in [0.2, 0.25) is 0 Å². The standard InChI is InChI=1S/C12H28O4Si.C3H8O.2H2O.Zr/c1-4-7-10-14-17(13,15-11-8-5-2)16-12-9-6-3;1-2-3-4;;;/h13H,4-12H2,1-3H3;4H,2-3H2,1H3;2*1H2;. The molecule has 0 saturated carbocycles. The molecule has 0 aliphatic rings. The van der Waals surface area contributed by atoms with E-state index in [-0.39, 0.29) is 37.2 Å². The van der Waals surface area contributed by atoms with Gasteiger partial charge in [0.25, 0.3) is 0 Å². The van der Waals surface area contributed by atoms with Crippen molar-refractivity contribution in [2.45, 2.75) is 72.6 Å². The molecule has 24 heavy (non-hydrogen) atoms. The van der Waals surface area contributed by atoms with Crippen molar-refractivity contribution in [1.82, 2.24) is 0 Å². The molecule has 7 nitrogen and oxygen atoms in total. The van der Waals surface area contributed by atoms with Crippen molar-refractivity contribution in [2.75, 3.05) is 26.4 Å². The van der Waals surface area contributed by atoms with Gasteiger partial charge in [-0.15, -0.1) is 0 Å². The molecule has 0 atom stereocenters. The van der Waals surface area contributed by atoms with Gasteiger partial charge in [-0.05, 0) is 25.7 Å². The number of rotatable bonds is 13. The van der Waals surface area contributed by atoms with E-state index < -0.39 is 9.05 Å². The van der Waals surface area contributed by atoms with Gasteiger partial charge in [0, 0.05) is 52.6 Å². The van der Waals surface area contributed by atoms with Crippen LogP contribution in [0.3, 0.4) is 0 Å². The Hall–Kier alpha value is 0.820. The van der Waals surface area contributed by atoms with Crippen LogP contribution in [0.15, 0.2) is 0 Å². The second-order valence-corrected chi connectivity index (χ2v) is 6.77. The molecule has 0 spiro atoms. The first-order chi connectivity index (χ1) is 10.1.